The minimum Gasteiger partial charge on any atom is -0.354 e. The molecule has 5 nitrogen and oxygen atoms in total. The second kappa shape index (κ2) is 4.55. The first-order chi connectivity index (χ1) is 9.77. The Labute approximate surface area is 124 Å². The van der Waals surface area contributed by atoms with E-state index < -0.39 is 20.8 Å². The van der Waals surface area contributed by atoms with E-state index in [4.69, 9.17) is 4.74 Å². The van der Waals surface area contributed by atoms with Crippen molar-refractivity contribution < 1.29 is 17.9 Å². The summed E-state index contributed by atoms with van der Waals surface area (Å²) in [7, 11) is -3.68. The van der Waals surface area contributed by atoms with Crippen molar-refractivity contribution in [3.05, 3.63) is 30.3 Å². The largest absolute Gasteiger partial charge is 0.354 e. The summed E-state index contributed by atoms with van der Waals surface area (Å²) in [6.07, 6.45) is 0. The van der Waals surface area contributed by atoms with Gasteiger partial charge in [0.2, 0.25) is 5.91 Å². The van der Waals surface area contributed by atoms with Crippen molar-refractivity contribution in [2.24, 2.45) is 5.92 Å². The van der Waals surface area contributed by atoms with Crippen molar-refractivity contribution in [1.82, 2.24) is 4.90 Å². The Balaban J connectivity index is 2.03. The van der Waals surface area contributed by atoms with Gasteiger partial charge in [0.25, 0.3) is 0 Å². The van der Waals surface area contributed by atoms with Gasteiger partial charge in [0, 0.05) is 5.92 Å². The number of hydrogen-bond acceptors (Lipinski definition) is 4. The number of fused-ring (bicyclic) bond motifs is 1. The maximum Gasteiger partial charge on any atom is 0.244 e. The number of ether oxygens (including phenoxy) is 1. The van der Waals surface area contributed by atoms with Gasteiger partial charge < -0.3 is 9.64 Å². The van der Waals surface area contributed by atoms with Crippen LogP contribution < -0.4 is 0 Å². The van der Waals surface area contributed by atoms with Gasteiger partial charge in [0.05, 0.1) is 17.5 Å². The number of carbonyl (C=O) groups excluding carboxylic acids is 1. The molecule has 21 heavy (non-hydrogen) atoms. The SMILES string of the molecule is C[C@@H]1[C@H]2COC(C)(C)N2C(=O)[C@H]1S(=O)(=O)c1ccccc1. The van der Waals surface area contributed by atoms with Gasteiger partial charge in [-0.25, -0.2) is 8.42 Å². The van der Waals surface area contributed by atoms with E-state index in [2.05, 4.69) is 0 Å². The highest BCUT2D eigenvalue weighted by Crippen LogP contribution is 2.42. The summed E-state index contributed by atoms with van der Waals surface area (Å²) >= 11 is 0. The van der Waals surface area contributed by atoms with Crippen molar-refractivity contribution in [1.29, 1.82) is 0 Å². The van der Waals surface area contributed by atoms with Crippen molar-refractivity contribution >= 4 is 15.7 Å². The predicted octanol–water partition coefficient (Wildman–Crippen LogP) is 1.44. The Bertz CT molecular complexity index is 668. The second-order valence-electron chi connectivity index (χ2n) is 6.17. The van der Waals surface area contributed by atoms with Gasteiger partial charge in [-0.1, -0.05) is 25.1 Å². The smallest absolute Gasteiger partial charge is 0.244 e. The standard InChI is InChI=1S/C15H19NO4S/c1-10-12-9-20-15(2,3)16(12)14(17)13(10)21(18,19)11-7-5-4-6-8-11/h4-8,10,12-13H,9H2,1-3H3/t10-,12-,13+/m1/s1. The van der Waals surface area contributed by atoms with E-state index in [1.807, 2.05) is 6.92 Å². The lowest BCUT2D eigenvalue weighted by atomic mass is 10.0. The lowest BCUT2D eigenvalue weighted by Gasteiger charge is -2.29. The highest BCUT2D eigenvalue weighted by molar-refractivity contribution is 7.92. The van der Waals surface area contributed by atoms with Gasteiger partial charge in [-0.2, -0.15) is 0 Å². The molecule has 0 aromatic heterocycles. The molecular weight excluding hydrogens is 290 g/mol. The average Bonchev–Trinajstić information content (AvgIpc) is 2.88. The highest BCUT2D eigenvalue weighted by atomic mass is 32.2. The van der Waals surface area contributed by atoms with E-state index in [-0.39, 0.29) is 22.8 Å². The third-order valence-electron chi connectivity index (χ3n) is 4.49. The lowest BCUT2D eigenvalue weighted by molar-refractivity contribution is -0.141. The molecule has 1 aromatic rings. The molecule has 6 heteroatoms. The van der Waals surface area contributed by atoms with Crippen LogP contribution in [-0.4, -0.2) is 42.8 Å². The first-order valence-electron chi connectivity index (χ1n) is 7.03. The zero-order chi connectivity index (χ0) is 15.4. The Morgan fingerprint density at radius 1 is 1.24 bits per heavy atom. The van der Waals surface area contributed by atoms with Crippen molar-refractivity contribution in [3.63, 3.8) is 0 Å². The van der Waals surface area contributed by atoms with Crippen LogP contribution >= 0.6 is 0 Å². The number of benzene rings is 1. The summed E-state index contributed by atoms with van der Waals surface area (Å²) in [6, 6.07) is 8.02. The Hall–Kier alpha value is -1.40. The summed E-state index contributed by atoms with van der Waals surface area (Å²) < 4.78 is 31.2. The third kappa shape index (κ3) is 2.00. The third-order valence-corrected chi connectivity index (χ3v) is 6.72. The maximum atomic E-state index is 12.8. The van der Waals surface area contributed by atoms with E-state index in [1.54, 1.807) is 49.1 Å². The fourth-order valence-electron chi connectivity index (χ4n) is 3.38. The molecule has 2 aliphatic rings. The average molecular weight is 309 g/mol. The molecule has 0 bridgehead atoms. The van der Waals surface area contributed by atoms with E-state index in [9.17, 15) is 13.2 Å². The van der Waals surface area contributed by atoms with Crippen LogP contribution in [0.25, 0.3) is 0 Å². The van der Waals surface area contributed by atoms with Gasteiger partial charge >= 0.3 is 0 Å². The Morgan fingerprint density at radius 2 is 1.86 bits per heavy atom. The Morgan fingerprint density at radius 3 is 2.43 bits per heavy atom. The highest BCUT2D eigenvalue weighted by Gasteiger charge is 2.59. The van der Waals surface area contributed by atoms with Crippen LogP contribution in [0.15, 0.2) is 35.2 Å². The molecule has 1 aromatic carbocycles. The fraction of sp³-hybridized carbons (Fsp3) is 0.533. The van der Waals surface area contributed by atoms with Gasteiger partial charge in [0.15, 0.2) is 9.84 Å². The molecule has 0 unspecified atom stereocenters. The van der Waals surface area contributed by atoms with Crippen molar-refractivity contribution in [2.45, 2.75) is 42.7 Å². The fourth-order valence-corrected chi connectivity index (χ4v) is 5.34. The number of amides is 1. The molecule has 2 saturated heterocycles. The van der Waals surface area contributed by atoms with E-state index >= 15 is 0 Å². The van der Waals surface area contributed by atoms with Crippen LogP contribution in [0, 0.1) is 5.92 Å². The first-order valence-corrected chi connectivity index (χ1v) is 8.57. The summed E-state index contributed by atoms with van der Waals surface area (Å²) in [5, 5.41) is -1.02. The summed E-state index contributed by atoms with van der Waals surface area (Å²) in [6.45, 7) is 5.81. The predicted molar refractivity (Wildman–Crippen MR) is 77.2 cm³/mol. The first kappa shape index (κ1) is 14.5. The molecule has 2 aliphatic heterocycles. The quantitative estimate of drug-likeness (QED) is 0.829. The van der Waals surface area contributed by atoms with Gasteiger partial charge in [-0.05, 0) is 26.0 Å². The zero-order valence-electron chi connectivity index (χ0n) is 12.3. The summed E-state index contributed by atoms with van der Waals surface area (Å²) in [5.74, 6) is -0.636. The molecule has 0 aliphatic carbocycles. The van der Waals surface area contributed by atoms with Gasteiger partial charge in [-0.15, -0.1) is 0 Å². The monoisotopic (exact) mass is 309 g/mol. The zero-order valence-corrected chi connectivity index (χ0v) is 13.1. The molecule has 114 valence electrons. The molecule has 3 rings (SSSR count). The molecule has 2 fully saturated rings. The van der Waals surface area contributed by atoms with Crippen LogP contribution in [0.1, 0.15) is 20.8 Å². The summed E-state index contributed by atoms with van der Waals surface area (Å²) in [4.78, 5) is 14.5. The number of sulfone groups is 1. The molecule has 1 amide bonds. The van der Waals surface area contributed by atoms with E-state index in [0.717, 1.165) is 0 Å². The van der Waals surface area contributed by atoms with Gasteiger partial charge in [0.1, 0.15) is 11.0 Å². The van der Waals surface area contributed by atoms with Crippen molar-refractivity contribution in [2.75, 3.05) is 6.61 Å². The number of rotatable bonds is 2. The van der Waals surface area contributed by atoms with Gasteiger partial charge in [-0.3, -0.25) is 4.79 Å². The van der Waals surface area contributed by atoms with Crippen LogP contribution in [0.4, 0.5) is 0 Å². The topological polar surface area (TPSA) is 63.7 Å². The molecule has 0 spiro atoms. The van der Waals surface area contributed by atoms with Crippen LogP contribution in [0.2, 0.25) is 0 Å². The van der Waals surface area contributed by atoms with Crippen LogP contribution in [-0.2, 0) is 19.4 Å². The molecule has 0 N–H and O–H groups in total. The lowest BCUT2D eigenvalue weighted by Crippen LogP contribution is -2.46. The molecule has 3 atom stereocenters. The van der Waals surface area contributed by atoms with Crippen molar-refractivity contribution in [3.8, 4) is 0 Å². The van der Waals surface area contributed by atoms with E-state index in [0.29, 0.717) is 6.61 Å². The Kier molecular flexibility index (Phi) is 3.15. The normalized spacial score (nSPS) is 31.5. The van der Waals surface area contributed by atoms with Crippen LogP contribution in [0.5, 0.6) is 0 Å². The molecule has 0 radical (unpaired) electrons. The summed E-state index contributed by atoms with van der Waals surface area (Å²) in [5.41, 5.74) is -0.739. The number of nitrogens with zero attached hydrogens (tertiary/aromatic N) is 1. The molecule has 2 heterocycles. The minimum atomic E-state index is -3.68. The van der Waals surface area contributed by atoms with Crippen LogP contribution in [0.3, 0.4) is 0 Å². The molecular formula is C15H19NO4S. The maximum absolute atomic E-state index is 12.8. The number of carbonyl (C=O) groups is 1. The second-order valence-corrected chi connectivity index (χ2v) is 8.24. The number of hydrogen-bond donors (Lipinski definition) is 0. The molecule has 0 saturated carbocycles. The minimum absolute atomic E-state index is 0.170. The van der Waals surface area contributed by atoms with E-state index in [1.165, 1.54) is 0 Å².